The van der Waals surface area contributed by atoms with E-state index in [-0.39, 0.29) is 6.04 Å². The van der Waals surface area contributed by atoms with Crippen LogP contribution in [0.2, 0.25) is 5.15 Å². The molecule has 1 rings (SSSR count). The summed E-state index contributed by atoms with van der Waals surface area (Å²) in [7, 11) is 1.89. The molecule has 1 heterocycles. The van der Waals surface area contributed by atoms with Crippen LogP contribution in [0, 0.1) is 0 Å². The zero-order chi connectivity index (χ0) is 9.14. The highest BCUT2D eigenvalue weighted by molar-refractivity contribution is 6.30. The quantitative estimate of drug-likeness (QED) is 0.758. The van der Waals surface area contributed by atoms with Gasteiger partial charge in [0.05, 0.1) is 12.0 Å². The Morgan fingerprint density at radius 2 is 2.42 bits per heavy atom. The van der Waals surface area contributed by atoms with E-state index in [1.807, 2.05) is 30.7 Å². The number of aryl methyl sites for hydroxylation is 1. The molecule has 1 atom stereocenters. The van der Waals surface area contributed by atoms with E-state index in [0.717, 1.165) is 5.69 Å². The van der Waals surface area contributed by atoms with Crippen LogP contribution in [0.3, 0.4) is 0 Å². The van der Waals surface area contributed by atoms with E-state index in [9.17, 15) is 0 Å². The van der Waals surface area contributed by atoms with Crippen LogP contribution in [-0.4, -0.2) is 15.6 Å². The first-order chi connectivity index (χ1) is 5.61. The van der Waals surface area contributed by atoms with Crippen LogP contribution in [0.5, 0.6) is 0 Å². The topological polar surface area (TPSA) is 43.8 Å². The molecule has 0 fully saturated rings. The minimum Gasteiger partial charge on any atom is -0.333 e. The number of nitrogens with two attached hydrogens (primary N) is 1. The second kappa shape index (κ2) is 3.74. The van der Waals surface area contributed by atoms with Gasteiger partial charge >= 0.3 is 0 Å². The van der Waals surface area contributed by atoms with Gasteiger partial charge in [-0.15, -0.1) is 0 Å². The molecule has 3 nitrogen and oxygen atoms in total. The average Bonchev–Trinajstić information content (AvgIpc) is 2.28. The number of nitrogens with zero attached hydrogens (tertiary/aromatic N) is 2. The molecule has 1 aromatic heterocycles. The summed E-state index contributed by atoms with van der Waals surface area (Å²) in [6.07, 6.45) is 5.42. The first kappa shape index (κ1) is 9.29. The largest absolute Gasteiger partial charge is 0.333 e. The molecule has 0 amide bonds. The molecule has 0 saturated carbocycles. The van der Waals surface area contributed by atoms with Gasteiger partial charge in [0.15, 0.2) is 5.15 Å². The van der Waals surface area contributed by atoms with Crippen molar-refractivity contribution in [1.29, 1.82) is 0 Å². The Bertz CT molecular complexity index is 269. The molecule has 0 aliphatic carbocycles. The third kappa shape index (κ3) is 2.09. The Labute approximate surface area is 76.8 Å². The Morgan fingerprint density at radius 1 is 1.75 bits per heavy atom. The van der Waals surface area contributed by atoms with Gasteiger partial charge in [-0.3, -0.25) is 0 Å². The third-order valence-electron chi connectivity index (χ3n) is 1.49. The van der Waals surface area contributed by atoms with Crippen LogP contribution in [0.25, 0.3) is 6.08 Å². The highest BCUT2D eigenvalue weighted by atomic mass is 35.5. The molecular weight excluding hydrogens is 174 g/mol. The zero-order valence-corrected chi connectivity index (χ0v) is 7.92. The molecule has 0 radical (unpaired) electrons. The lowest BCUT2D eigenvalue weighted by molar-refractivity contribution is 0.895. The van der Waals surface area contributed by atoms with E-state index in [1.165, 1.54) is 0 Å². The van der Waals surface area contributed by atoms with Gasteiger partial charge in [0.1, 0.15) is 0 Å². The second-order valence-corrected chi connectivity index (χ2v) is 3.11. The predicted molar refractivity (Wildman–Crippen MR) is 50.9 cm³/mol. The second-order valence-electron chi connectivity index (χ2n) is 2.75. The van der Waals surface area contributed by atoms with Crippen molar-refractivity contribution in [3.63, 3.8) is 0 Å². The Balaban J connectivity index is 2.87. The zero-order valence-electron chi connectivity index (χ0n) is 7.16. The summed E-state index contributed by atoms with van der Waals surface area (Å²) in [5, 5.41) is 0.509. The molecule has 0 aliphatic rings. The minimum atomic E-state index is 0.0379. The fourth-order valence-electron chi connectivity index (χ4n) is 0.840. The van der Waals surface area contributed by atoms with Crippen molar-refractivity contribution in [3.05, 3.63) is 23.3 Å². The normalized spacial score (nSPS) is 14.0. The molecule has 0 aromatic carbocycles. The van der Waals surface area contributed by atoms with Gasteiger partial charge in [-0.2, -0.15) is 0 Å². The highest BCUT2D eigenvalue weighted by Crippen LogP contribution is 2.13. The van der Waals surface area contributed by atoms with Crippen LogP contribution in [0.15, 0.2) is 12.4 Å². The number of hydrogen-bond donors (Lipinski definition) is 1. The molecule has 12 heavy (non-hydrogen) atoms. The van der Waals surface area contributed by atoms with E-state index in [4.69, 9.17) is 17.3 Å². The van der Waals surface area contributed by atoms with Gasteiger partial charge in [-0.1, -0.05) is 17.7 Å². The van der Waals surface area contributed by atoms with Crippen LogP contribution in [-0.2, 0) is 7.05 Å². The van der Waals surface area contributed by atoms with Gasteiger partial charge < -0.3 is 10.3 Å². The smallest absolute Gasteiger partial charge is 0.154 e. The van der Waals surface area contributed by atoms with Crippen molar-refractivity contribution in [2.45, 2.75) is 13.0 Å². The summed E-state index contributed by atoms with van der Waals surface area (Å²) in [5.74, 6) is 0. The Morgan fingerprint density at radius 3 is 2.83 bits per heavy atom. The van der Waals surface area contributed by atoms with Gasteiger partial charge in [-0.25, -0.2) is 4.98 Å². The van der Waals surface area contributed by atoms with Crippen LogP contribution in [0.4, 0.5) is 0 Å². The lowest BCUT2D eigenvalue weighted by Crippen LogP contribution is -2.10. The summed E-state index contributed by atoms with van der Waals surface area (Å²) in [6.45, 7) is 1.90. The molecule has 0 aliphatic heterocycles. The monoisotopic (exact) mass is 185 g/mol. The van der Waals surface area contributed by atoms with E-state index < -0.39 is 0 Å². The highest BCUT2D eigenvalue weighted by Gasteiger charge is 2.01. The molecule has 1 aromatic rings. The SMILES string of the molecule is CC(N)/C=C/c1c(Cl)ncn1C. The van der Waals surface area contributed by atoms with Gasteiger partial charge in [0.2, 0.25) is 0 Å². The van der Waals surface area contributed by atoms with Crippen molar-refractivity contribution < 1.29 is 0 Å². The predicted octanol–water partition coefficient (Wildman–Crippen LogP) is 1.43. The maximum absolute atomic E-state index is 5.80. The standard InChI is InChI=1S/C8H12ClN3/c1-6(10)3-4-7-8(9)11-5-12(7)2/h3-6H,10H2,1-2H3/b4-3+. The molecular formula is C8H12ClN3. The summed E-state index contributed by atoms with van der Waals surface area (Å²) >= 11 is 5.80. The molecule has 1 unspecified atom stereocenters. The van der Waals surface area contributed by atoms with Crippen molar-refractivity contribution >= 4 is 17.7 Å². The van der Waals surface area contributed by atoms with Gasteiger partial charge in [0, 0.05) is 13.1 Å². The van der Waals surface area contributed by atoms with E-state index >= 15 is 0 Å². The van der Waals surface area contributed by atoms with E-state index in [2.05, 4.69) is 4.98 Å². The van der Waals surface area contributed by atoms with Crippen molar-refractivity contribution in [2.24, 2.45) is 12.8 Å². The number of rotatable bonds is 2. The molecule has 4 heteroatoms. The maximum Gasteiger partial charge on any atom is 0.154 e. The maximum atomic E-state index is 5.80. The van der Waals surface area contributed by atoms with Crippen molar-refractivity contribution in [1.82, 2.24) is 9.55 Å². The molecule has 2 N–H and O–H groups in total. The fourth-order valence-corrected chi connectivity index (χ4v) is 1.08. The van der Waals surface area contributed by atoms with Crippen molar-refractivity contribution in [2.75, 3.05) is 0 Å². The number of hydrogen-bond acceptors (Lipinski definition) is 2. The van der Waals surface area contributed by atoms with Crippen LogP contribution >= 0.6 is 11.6 Å². The summed E-state index contributed by atoms with van der Waals surface area (Å²) in [5.41, 5.74) is 6.43. The van der Waals surface area contributed by atoms with Gasteiger partial charge in [0.25, 0.3) is 0 Å². The minimum absolute atomic E-state index is 0.0379. The van der Waals surface area contributed by atoms with Gasteiger partial charge in [-0.05, 0) is 13.0 Å². The summed E-state index contributed by atoms with van der Waals surface area (Å²) in [6, 6.07) is 0.0379. The average molecular weight is 186 g/mol. The van der Waals surface area contributed by atoms with Crippen LogP contribution in [0.1, 0.15) is 12.6 Å². The number of aromatic nitrogens is 2. The third-order valence-corrected chi connectivity index (χ3v) is 1.78. The molecule has 0 spiro atoms. The summed E-state index contributed by atoms with van der Waals surface area (Å²) in [4.78, 5) is 3.93. The lowest BCUT2D eigenvalue weighted by atomic mass is 10.3. The summed E-state index contributed by atoms with van der Waals surface area (Å²) < 4.78 is 1.85. The molecule has 0 saturated heterocycles. The van der Waals surface area contributed by atoms with E-state index in [0.29, 0.717) is 5.15 Å². The first-order valence-electron chi connectivity index (χ1n) is 3.72. The fraction of sp³-hybridized carbons (Fsp3) is 0.375. The van der Waals surface area contributed by atoms with Crippen LogP contribution < -0.4 is 5.73 Å². The molecule has 0 bridgehead atoms. The lowest BCUT2D eigenvalue weighted by Gasteiger charge is -1.97. The number of halogens is 1. The van der Waals surface area contributed by atoms with Crippen molar-refractivity contribution in [3.8, 4) is 0 Å². The Hall–Kier alpha value is -0.800. The number of imidazole rings is 1. The van der Waals surface area contributed by atoms with E-state index in [1.54, 1.807) is 6.33 Å². The Kier molecular flexibility index (Phi) is 2.89. The first-order valence-corrected chi connectivity index (χ1v) is 4.09. The molecule has 66 valence electrons.